The Balaban J connectivity index is 0. The molecule has 0 saturated carbocycles. The Bertz CT molecular complexity index is 209. The van der Waals surface area contributed by atoms with Gasteiger partial charge in [0.2, 0.25) is 0 Å². The zero-order valence-corrected chi connectivity index (χ0v) is 13.7. The predicted molar refractivity (Wildman–Crippen MR) is 84.4 cm³/mol. The van der Waals surface area contributed by atoms with E-state index in [1.807, 2.05) is 0 Å². The number of carboxylic acids is 1. The van der Waals surface area contributed by atoms with Gasteiger partial charge >= 0.3 is 5.97 Å². The number of aliphatic hydroxyl groups excluding tert-OH is 2. The highest BCUT2D eigenvalue weighted by Crippen LogP contribution is 2.04. The van der Waals surface area contributed by atoms with Crippen LogP contribution in [0.1, 0.15) is 71.6 Å². The van der Waals surface area contributed by atoms with Gasteiger partial charge in [-0.05, 0) is 12.8 Å². The highest BCUT2D eigenvalue weighted by Gasteiger charge is 1.99. The summed E-state index contributed by atoms with van der Waals surface area (Å²) < 4.78 is 5.08. The number of carboxylic acid groups (broad SMARTS) is 1. The summed E-state index contributed by atoms with van der Waals surface area (Å²) in [5.41, 5.74) is 0. The maximum Gasteiger partial charge on any atom is 0.303 e. The van der Waals surface area contributed by atoms with E-state index in [-0.39, 0.29) is 13.2 Å². The van der Waals surface area contributed by atoms with Crippen molar-refractivity contribution in [1.29, 1.82) is 0 Å². The summed E-state index contributed by atoms with van der Waals surface area (Å²) >= 11 is 0. The fraction of sp³-hybridized carbons (Fsp3) is 0.938. The van der Waals surface area contributed by atoms with Gasteiger partial charge in [-0.25, -0.2) is 0 Å². The first-order chi connectivity index (χ1) is 10.1. The predicted octanol–water partition coefficient (Wildman–Crippen LogP) is 2.98. The standard InChI is InChI=1S/C8H18O3.C8H16O2/c1-2-3-4-5-11-7-8(10)6-9;1-2-3-4-5-6-7-8(9)10/h8-10H,2-7H2,1H3;2-7H2,1H3,(H,9,10). The zero-order chi connectivity index (χ0) is 16.3. The van der Waals surface area contributed by atoms with Gasteiger partial charge in [0.05, 0.1) is 13.2 Å². The van der Waals surface area contributed by atoms with Gasteiger partial charge in [0.15, 0.2) is 0 Å². The van der Waals surface area contributed by atoms with Crippen molar-refractivity contribution in [1.82, 2.24) is 0 Å². The molecule has 5 heteroatoms. The van der Waals surface area contributed by atoms with Crippen LogP contribution in [0.2, 0.25) is 0 Å². The second-order valence-corrected chi connectivity index (χ2v) is 5.18. The summed E-state index contributed by atoms with van der Waals surface area (Å²) in [5, 5.41) is 25.5. The largest absolute Gasteiger partial charge is 0.481 e. The molecular weight excluding hydrogens is 272 g/mol. The Morgan fingerprint density at radius 3 is 2.10 bits per heavy atom. The second-order valence-electron chi connectivity index (χ2n) is 5.18. The molecule has 0 aliphatic carbocycles. The molecule has 0 fully saturated rings. The lowest BCUT2D eigenvalue weighted by Gasteiger charge is -2.07. The van der Waals surface area contributed by atoms with Crippen LogP contribution >= 0.6 is 0 Å². The van der Waals surface area contributed by atoms with Gasteiger partial charge in [-0.15, -0.1) is 0 Å². The summed E-state index contributed by atoms with van der Waals surface area (Å²) in [7, 11) is 0. The van der Waals surface area contributed by atoms with E-state index in [0.717, 1.165) is 25.7 Å². The molecule has 128 valence electrons. The molecule has 1 unspecified atom stereocenters. The van der Waals surface area contributed by atoms with Gasteiger partial charge in [-0.3, -0.25) is 4.79 Å². The quantitative estimate of drug-likeness (QED) is 0.455. The first-order valence-electron chi connectivity index (χ1n) is 8.16. The van der Waals surface area contributed by atoms with Crippen molar-refractivity contribution in [2.45, 2.75) is 77.7 Å². The summed E-state index contributed by atoms with van der Waals surface area (Å²) in [6.45, 7) is 5.00. The van der Waals surface area contributed by atoms with Crippen LogP contribution in [-0.2, 0) is 9.53 Å². The highest BCUT2D eigenvalue weighted by molar-refractivity contribution is 5.66. The molecule has 0 aromatic heterocycles. The van der Waals surface area contributed by atoms with Crippen LogP contribution in [0, 0.1) is 0 Å². The Morgan fingerprint density at radius 2 is 1.57 bits per heavy atom. The minimum atomic E-state index is -0.711. The first kappa shape index (κ1) is 22.6. The fourth-order valence-electron chi connectivity index (χ4n) is 1.61. The van der Waals surface area contributed by atoms with Crippen LogP contribution < -0.4 is 0 Å². The lowest BCUT2D eigenvalue weighted by Crippen LogP contribution is -2.19. The lowest BCUT2D eigenvalue weighted by molar-refractivity contribution is -0.137. The van der Waals surface area contributed by atoms with Gasteiger partial charge in [0.1, 0.15) is 6.10 Å². The molecule has 1 atom stereocenters. The van der Waals surface area contributed by atoms with Crippen LogP contribution in [0.25, 0.3) is 0 Å². The summed E-state index contributed by atoms with van der Waals surface area (Å²) in [6, 6.07) is 0. The molecule has 0 heterocycles. The molecule has 0 aromatic rings. The molecule has 0 spiro atoms. The normalized spacial score (nSPS) is 11.6. The van der Waals surface area contributed by atoms with Gasteiger partial charge < -0.3 is 20.1 Å². The van der Waals surface area contributed by atoms with Crippen molar-refractivity contribution in [3.05, 3.63) is 0 Å². The maximum absolute atomic E-state index is 10.0. The molecule has 3 N–H and O–H groups in total. The van der Waals surface area contributed by atoms with E-state index in [9.17, 15) is 4.79 Å². The number of aliphatic carboxylic acids is 1. The van der Waals surface area contributed by atoms with E-state index in [2.05, 4.69) is 13.8 Å². The molecule has 5 nitrogen and oxygen atoms in total. The van der Waals surface area contributed by atoms with Crippen LogP contribution in [0.5, 0.6) is 0 Å². The van der Waals surface area contributed by atoms with E-state index < -0.39 is 12.1 Å². The third-order valence-corrected chi connectivity index (χ3v) is 2.91. The molecular formula is C16H34O5. The Morgan fingerprint density at radius 1 is 1.00 bits per heavy atom. The summed E-state index contributed by atoms with van der Waals surface area (Å²) in [4.78, 5) is 10.0. The number of unbranched alkanes of at least 4 members (excludes halogenated alkanes) is 6. The van der Waals surface area contributed by atoms with Crippen molar-refractivity contribution in [3.8, 4) is 0 Å². The smallest absolute Gasteiger partial charge is 0.303 e. The van der Waals surface area contributed by atoms with E-state index in [1.54, 1.807) is 0 Å². The number of carbonyl (C=O) groups is 1. The Kier molecular flexibility index (Phi) is 20.9. The molecule has 0 aliphatic heterocycles. The van der Waals surface area contributed by atoms with E-state index in [0.29, 0.717) is 13.0 Å². The topological polar surface area (TPSA) is 87.0 Å². The zero-order valence-electron chi connectivity index (χ0n) is 13.7. The minimum absolute atomic E-state index is 0.215. The van der Waals surface area contributed by atoms with Crippen LogP contribution in [0.3, 0.4) is 0 Å². The maximum atomic E-state index is 10.0. The summed E-state index contributed by atoms with van der Waals surface area (Å²) in [6.07, 6.45) is 8.54. The third kappa shape index (κ3) is 24.7. The third-order valence-electron chi connectivity index (χ3n) is 2.91. The molecule has 0 bridgehead atoms. The lowest BCUT2D eigenvalue weighted by atomic mass is 10.1. The molecule has 0 rings (SSSR count). The van der Waals surface area contributed by atoms with Crippen molar-refractivity contribution < 1.29 is 24.9 Å². The molecule has 0 amide bonds. The molecule has 0 aromatic carbocycles. The number of aliphatic hydroxyl groups is 2. The van der Waals surface area contributed by atoms with Crippen molar-refractivity contribution >= 4 is 5.97 Å². The molecule has 0 aliphatic rings. The van der Waals surface area contributed by atoms with Crippen molar-refractivity contribution in [2.75, 3.05) is 19.8 Å². The minimum Gasteiger partial charge on any atom is -0.481 e. The average molecular weight is 306 g/mol. The van der Waals surface area contributed by atoms with Crippen molar-refractivity contribution in [2.24, 2.45) is 0 Å². The van der Waals surface area contributed by atoms with Crippen LogP contribution in [-0.4, -0.2) is 47.2 Å². The highest BCUT2D eigenvalue weighted by atomic mass is 16.5. The molecule has 0 radical (unpaired) electrons. The molecule has 0 saturated heterocycles. The van der Waals surface area contributed by atoms with Crippen LogP contribution in [0.4, 0.5) is 0 Å². The van der Waals surface area contributed by atoms with Crippen LogP contribution in [0.15, 0.2) is 0 Å². The number of hydrogen-bond acceptors (Lipinski definition) is 4. The molecule has 21 heavy (non-hydrogen) atoms. The van der Waals surface area contributed by atoms with Crippen molar-refractivity contribution in [3.63, 3.8) is 0 Å². The fourth-order valence-corrected chi connectivity index (χ4v) is 1.61. The monoisotopic (exact) mass is 306 g/mol. The number of rotatable bonds is 13. The average Bonchev–Trinajstić information content (AvgIpc) is 2.47. The first-order valence-corrected chi connectivity index (χ1v) is 8.16. The van der Waals surface area contributed by atoms with Gasteiger partial charge in [0.25, 0.3) is 0 Å². The Hall–Kier alpha value is -0.650. The van der Waals surface area contributed by atoms with E-state index >= 15 is 0 Å². The Labute approximate surface area is 129 Å². The SMILES string of the molecule is CCCCCCCC(=O)O.CCCCCOCC(O)CO. The van der Waals surface area contributed by atoms with E-state index in [4.69, 9.17) is 20.1 Å². The number of ether oxygens (including phenoxy) is 1. The van der Waals surface area contributed by atoms with Gasteiger partial charge in [-0.1, -0.05) is 52.4 Å². The van der Waals surface area contributed by atoms with E-state index in [1.165, 1.54) is 25.7 Å². The van der Waals surface area contributed by atoms with Gasteiger partial charge in [-0.2, -0.15) is 0 Å². The number of hydrogen-bond donors (Lipinski definition) is 3. The second kappa shape index (κ2) is 19.4. The van der Waals surface area contributed by atoms with Gasteiger partial charge in [0, 0.05) is 13.0 Å². The summed E-state index contributed by atoms with van der Waals surface area (Å²) in [5.74, 6) is -0.670.